The molecule has 0 fully saturated rings. The number of aromatic nitrogens is 3. The van der Waals surface area contributed by atoms with E-state index in [2.05, 4.69) is 38.6 Å². The molecule has 0 bridgehead atoms. The van der Waals surface area contributed by atoms with Crippen LogP contribution >= 0.6 is 0 Å². The number of fused-ring (bicyclic) bond motifs is 2. The van der Waals surface area contributed by atoms with Crippen molar-refractivity contribution in [1.29, 1.82) is 0 Å². The molecule has 6 heteroatoms. The van der Waals surface area contributed by atoms with Crippen LogP contribution in [-0.4, -0.2) is 22.0 Å². The Morgan fingerprint density at radius 1 is 1.09 bits per heavy atom. The minimum absolute atomic E-state index is 0.384. The molecule has 0 amide bonds. The molecule has 0 saturated carbocycles. The van der Waals surface area contributed by atoms with Crippen LogP contribution in [0.5, 0.6) is 0 Å². The number of benzene rings is 1. The Morgan fingerprint density at radius 3 is 2.68 bits per heavy atom. The molecule has 6 nitrogen and oxygen atoms in total. The van der Waals surface area contributed by atoms with Crippen LogP contribution in [0.1, 0.15) is 0 Å². The third-order valence-electron chi connectivity index (χ3n) is 3.88. The molecule has 0 saturated heterocycles. The highest BCUT2D eigenvalue weighted by Crippen LogP contribution is 2.44. The monoisotopic (exact) mass is 290 g/mol. The van der Waals surface area contributed by atoms with Gasteiger partial charge in [-0.15, -0.1) is 0 Å². The summed E-state index contributed by atoms with van der Waals surface area (Å²) in [6, 6.07) is 10.1. The molecule has 1 aliphatic rings. The van der Waals surface area contributed by atoms with Crippen LogP contribution in [0, 0.1) is 0 Å². The van der Waals surface area contributed by atoms with Crippen molar-refractivity contribution in [3.05, 3.63) is 55.3 Å². The van der Waals surface area contributed by atoms with Crippen molar-refractivity contribution in [2.75, 3.05) is 22.6 Å². The van der Waals surface area contributed by atoms with E-state index in [1.165, 1.54) is 6.33 Å². The minimum atomic E-state index is 0.384. The quantitative estimate of drug-likeness (QED) is 0.743. The van der Waals surface area contributed by atoms with Gasteiger partial charge in [-0.2, -0.15) is 0 Å². The number of pyridine rings is 1. The lowest BCUT2D eigenvalue weighted by Gasteiger charge is -2.21. The second kappa shape index (κ2) is 4.42. The van der Waals surface area contributed by atoms with Gasteiger partial charge in [0.2, 0.25) is 0 Å². The van der Waals surface area contributed by atoms with Gasteiger partial charge in [0.25, 0.3) is 0 Å². The van der Waals surface area contributed by atoms with Crippen molar-refractivity contribution in [1.82, 2.24) is 15.0 Å². The molecule has 0 unspecified atom stereocenters. The summed E-state index contributed by atoms with van der Waals surface area (Å²) in [7, 11) is 2.00. The van der Waals surface area contributed by atoms with Crippen molar-refractivity contribution < 1.29 is 0 Å². The van der Waals surface area contributed by atoms with Gasteiger partial charge in [-0.25, -0.2) is 15.0 Å². The zero-order valence-electron chi connectivity index (χ0n) is 12.1. The maximum absolute atomic E-state index is 5.83. The molecule has 1 aromatic carbocycles. The lowest BCUT2D eigenvalue weighted by molar-refractivity contribution is 1.09. The molecule has 2 N–H and O–H groups in total. The van der Waals surface area contributed by atoms with E-state index >= 15 is 0 Å². The molecule has 2 aromatic heterocycles. The van der Waals surface area contributed by atoms with Gasteiger partial charge in [0, 0.05) is 7.05 Å². The van der Waals surface area contributed by atoms with Gasteiger partial charge >= 0.3 is 0 Å². The number of hydrogen-bond donors (Lipinski definition) is 1. The highest BCUT2D eigenvalue weighted by molar-refractivity contribution is 5.91. The molecular formula is C16H14N6. The van der Waals surface area contributed by atoms with Gasteiger partial charge < -0.3 is 10.6 Å². The van der Waals surface area contributed by atoms with Crippen molar-refractivity contribution in [2.24, 2.45) is 0 Å². The Labute approximate surface area is 127 Å². The van der Waals surface area contributed by atoms with Crippen molar-refractivity contribution in [3.63, 3.8) is 0 Å². The zero-order valence-corrected chi connectivity index (χ0v) is 12.1. The van der Waals surface area contributed by atoms with Gasteiger partial charge in [0.15, 0.2) is 5.82 Å². The largest absolute Gasteiger partial charge is 0.382 e. The number of nitrogen functional groups attached to an aromatic ring is 1. The van der Waals surface area contributed by atoms with E-state index in [-0.39, 0.29) is 0 Å². The summed E-state index contributed by atoms with van der Waals surface area (Å²) in [4.78, 5) is 16.7. The molecule has 4 rings (SSSR count). The van der Waals surface area contributed by atoms with Crippen LogP contribution < -0.4 is 15.5 Å². The van der Waals surface area contributed by atoms with Crippen LogP contribution in [0.3, 0.4) is 0 Å². The van der Waals surface area contributed by atoms with Crippen LogP contribution in [-0.2, 0) is 0 Å². The summed E-state index contributed by atoms with van der Waals surface area (Å²) in [6.07, 6.45) is 3.21. The average molecular weight is 290 g/mol. The summed E-state index contributed by atoms with van der Waals surface area (Å²) < 4.78 is 0. The molecule has 22 heavy (non-hydrogen) atoms. The molecule has 0 radical (unpaired) electrons. The third kappa shape index (κ3) is 1.64. The van der Waals surface area contributed by atoms with E-state index in [9.17, 15) is 0 Å². The van der Waals surface area contributed by atoms with Gasteiger partial charge in [-0.3, -0.25) is 4.90 Å². The van der Waals surface area contributed by atoms with Crippen molar-refractivity contribution >= 4 is 33.9 Å². The predicted molar refractivity (Wildman–Crippen MR) is 87.9 cm³/mol. The van der Waals surface area contributed by atoms with E-state index < -0.39 is 0 Å². The second-order valence-corrected chi connectivity index (χ2v) is 5.12. The lowest BCUT2D eigenvalue weighted by atomic mass is 10.2. The summed E-state index contributed by atoms with van der Waals surface area (Å²) in [5, 5.41) is 0. The highest BCUT2D eigenvalue weighted by atomic mass is 15.4. The lowest BCUT2D eigenvalue weighted by Crippen LogP contribution is -2.20. The van der Waals surface area contributed by atoms with E-state index in [1.54, 1.807) is 6.20 Å². The first-order valence-electron chi connectivity index (χ1n) is 6.85. The molecule has 108 valence electrons. The Balaban J connectivity index is 1.90. The van der Waals surface area contributed by atoms with Gasteiger partial charge in [-0.05, 0) is 18.2 Å². The molecule has 0 spiro atoms. The summed E-state index contributed by atoms with van der Waals surface area (Å²) in [5.41, 5.74) is 10.2. The Morgan fingerprint density at radius 2 is 1.86 bits per heavy atom. The summed E-state index contributed by atoms with van der Waals surface area (Å²) in [5.74, 6) is 1.25. The minimum Gasteiger partial charge on any atom is -0.382 e. The third-order valence-corrected chi connectivity index (χ3v) is 3.88. The zero-order chi connectivity index (χ0) is 15.3. The van der Waals surface area contributed by atoms with E-state index in [1.807, 2.05) is 30.1 Å². The topological polar surface area (TPSA) is 71.2 Å². The smallest absolute Gasteiger partial charge is 0.153 e. The fourth-order valence-corrected chi connectivity index (χ4v) is 2.73. The number of nitrogens with two attached hydrogens (primary N) is 1. The highest BCUT2D eigenvalue weighted by Gasteiger charge is 2.28. The standard InChI is InChI=1S/C16H14N6/c1-10-21(2)13-5-3-4-6-14(13)22(10)11-7-12-15(18-8-11)16(17)20-9-19-12/h3-9H,1H2,2H3,(H2,17,19,20). The van der Waals surface area contributed by atoms with Crippen molar-refractivity contribution in [3.8, 4) is 0 Å². The SMILES string of the molecule is C=C1N(C)c2ccccc2N1c1cnc2c(N)ncnc2c1. The van der Waals surface area contributed by atoms with Gasteiger partial charge in [0.1, 0.15) is 17.7 Å². The Bertz CT molecular complexity index is 904. The molecule has 3 heterocycles. The van der Waals surface area contributed by atoms with Crippen LogP contribution in [0.15, 0.2) is 55.3 Å². The maximum Gasteiger partial charge on any atom is 0.153 e. The van der Waals surface area contributed by atoms with Crippen LogP contribution in [0.4, 0.5) is 22.9 Å². The van der Waals surface area contributed by atoms with Crippen molar-refractivity contribution in [2.45, 2.75) is 0 Å². The number of anilines is 4. The number of para-hydroxylation sites is 2. The number of hydrogen-bond acceptors (Lipinski definition) is 6. The second-order valence-electron chi connectivity index (χ2n) is 5.12. The fraction of sp³-hybridized carbons (Fsp3) is 0.0625. The summed E-state index contributed by atoms with van der Waals surface area (Å²) >= 11 is 0. The van der Waals surface area contributed by atoms with Gasteiger partial charge in [0.05, 0.1) is 28.8 Å². The molecule has 3 aromatic rings. The average Bonchev–Trinajstić information content (AvgIpc) is 2.79. The first kappa shape index (κ1) is 12.6. The molecular weight excluding hydrogens is 276 g/mol. The van der Waals surface area contributed by atoms with Gasteiger partial charge in [-0.1, -0.05) is 18.7 Å². The number of rotatable bonds is 1. The van der Waals surface area contributed by atoms with E-state index in [0.717, 1.165) is 22.9 Å². The summed E-state index contributed by atoms with van der Waals surface area (Å²) in [6.45, 7) is 4.17. The maximum atomic E-state index is 5.83. The normalized spacial score (nSPS) is 13.8. The first-order chi connectivity index (χ1) is 10.7. The molecule has 0 atom stereocenters. The Hall–Kier alpha value is -3.15. The van der Waals surface area contributed by atoms with E-state index in [4.69, 9.17) is 5.73 Å². The molecule has 1 aliphatic heterocycles. The van der Waals surface area contributed by atoms with Crippen LogP contribution in [0.2, 0.25) is 0 Å². The van der Waals surface area contributed by atoms with Crippen LogP contribution in [0.25, 0.3) is 11.0 Å². The fourth-order valence-electron chi connectivity index (χ4n) is 2.73. The Kier molecular flexibility index (Phi) is 2.53. The predicted octanol–water partition coefficient (Wildman–Crippen LogP) is 2.67. The molecule has 0 aliphatic carbocycles. The number of nitrogens with zero attached hydrogens (tertiary/aromatic N) is 5. The van der Waals surface area contributed by atoms with E-state index in [0.29, 0.717) is 16.9 Å². The first-order valence-corrected chi connectivity index (χ1v) is 6.85.